The summed E-state index contributed by atoms with van der Waals surface area (Å²) in [6.45, 7) is -1.15. The molecule has 0 bridgehead atoms. The Morgan fingerprint density at radius 2 is 2.14 bits per heavy atom. The Morgan fingerprint density at radius 1 is 1.36 bits per heavy atom. The lowest BCUT2D eigenvalue weighted by Crippen LogP contribution is -2.47. The zero-order valence-corrected chi connectivity index (χ0v) is 11.2. The predicted octanol–water partition coefficient (Wildman–Crippen LogP) is 1.07. The molecule has 116 valence electrons. The summed E-state index contributed by atoms with van der Waals surface area (Å²) >= 11 is 0. The van der Waals surface area contributed by atoms with E-state index in [1.807, 2.05) is 0 Å². The van der Waals surface area contributed by atoms with Crippen molar-refractivity contribution in [2.45, 2.75) is 18.3 Å². The predicted molar refractivity (Wildman–Crippen MR) is 68.8 cm³/mol. The maximum atomic E-state index is 13.2. The molecule has 22 heavy (non-hydrogen) atoms. The van der Waals surface area contributed by atoms with Gasteiger partial charge in [0.25, 0.3) is 0 Å². The number of carbonyl (C=O) groups excluding carboxylic acids is 1. The average molecular weight is 312 g/mol. The molecule has 1 unspecified atom stereocenters. The third-order valence-electron chi connectivity index (χ3n) is 3.50. The molecular weight excluding hydrogens is 301 g/mol. The Morgan fingerprint density at radius 3 is 2.77 bits per heavy atom. The summed E-state index contributed by atoms with van der Waals surface area (Å²) in [7, 11) is 0. The highest BCUT2D eigenvalue weighted by molar-refractivity contribution is 5.94. The lowest BCUT2D eigenvalue weighted by Gasteiger charge is -2.26. The zero-order valence-electron chi connectivity index (χ0n) is 11.2. The molecule has 1 atom stereocenters. The molecule has 0 radical (unpaired) electrons. The molecule has 9 heteroatoms. The van der Waals surface area contributed by atoms with Crippen molar-refractivity contribution in [3.05, 3.63) is 42.4 Å². The molecule has 1 aliphatic heterocycles. The summed E-state index contributed by atoms with van der Waals surface area (Å²) in [6.07, 6.45) is -0.667. The normalized spacial score (nSPS) is 21.0. The van der Waals surface area contributed by atoms with E-state index in [1.165, 1.54) is 29.3 Å². The van der Waals surface area contributed by atoms with Crippen LogP contribution in [0.15, 0.2) is 36.8 Å². The lowest BCUT2D eigenvalue weighted by molar-refractivity contribution is -0.259. The Kier molecular flexibility index (Phi) is 3.17. The number of aliphatic hydroxyl groups is 1. The third kappa shape index (κ3) is 2.13. The highest BCUT2D eigenvalue weighted by atomic mass is 19.4. The van der Waals surface area contributed by atoms with Crippen molar-refractivity contribution >= 4 is 11.7 Å². The van der Waals surface area contributed by atoms with Crippen LogP contribution in [0, 0.1) is 0 Å². The number of hydrogen-bond donors (Lipinski definition) is 1. The zero-order chi connectivity index (χ0) is 16.0. The molecule has 3 rings (SSSR count). The second kappa shape index (κ2) is 4.80. The number of carbonyl (C=O) groups is 1. The maximum Gasteiger partial charge on any atom is 0.423 e. The molecule has 2 aromatic heterocycles. The first-order valence-electron chi connectivity index (χ1n) is 6.35. The molecule has 0 aliphatic carbocycles. The Balaban J connectivity index is 1.96. The van der Waals surface area contributed by atoms with Gasteiger partial charge >= 0.3 is 6.18 Å². The van der Waals surface area contributed by atoms with Crippen LogP contribution >= 0.6 is 0 Å². The molecule has 6 nitrogen and oxygen atoms in total. The van der Waals surface area contributed by atoms with Crippen LogP contribution in [0.2, 0.25) is 0 Å². The summed E-state index contributed by atoms with van der Waals surface area (Å²) in [5.74, 6) is -0.816. The topological polar surface area (TPSA) is 71.2 Å². The van der Waals surface area contributed by atoms with E-state index in [0.717, 1.165) is 11.0 Å². The molecule has 0 saturated heterocycles. The van der Waals surface area contributed by atoms with E-state index in [4.69, 9.17) is 0 Å². The van der Waals surface area contributed by atoms with E-state index < -0.39 is 29.8 Å². The van der Waals surface area contributed by atoms with Crippen LogP contribution in [0.1, 0.15) is 5.56 Å². The van der Waals surface area contributed by atoms with Crippen molar-refractivity contribution < 1.29 is 23.1 Å². The van der Waals surface area contributed by atoms with Gasteiger partial charge in [-0.25, -0.2) is 4.98 Å². The summed E-state index contributed by atoms with van der Waals surface area (Å²) in [5, 5.41) is 13.9. The van der Waals surface area contributed by atoms with E-state index in [-0.39, 0.29) is 12.4 Å². The van der Waals surface area contributed by atoms with E-state index in [1.54, 1.807) is 6.07 Å². The van der Waals surface area contributed by atoms with Crippen molar-refractivity contribution in [3.63, 3.8) is 0 Å². The first kappa shape index (κ1) is 14.5. The second-order valence-corrected chi connectivity index (χ2v) is 4.92. The van der Waals surface area contributed by atoms with E-state index in [9.17, 15) is 23.1 Å². The fraction of sp³-hybridized carbons (Fsp3) is 0.308. The summed E-state index contributed by atoms with van der Waals surface area (Å²) in [5.41, 5.74) is -3.53. The Hall–Kier alpha value is -2.42. The number of pyridine rings is 1. The number of hydrogen-bond acceptors (Lipinski definition) is 4. The van der Waals surface area contributed by atoms with Crippen molar-refractivity contribution in [2.75, 3.05) is 11.4 Å². The van der Waals surface area contributed by atoms with Gasteiger partial charge in [-0.3, -0.25) is 14.4 Å². The molecule has 2 aromatic rings. The van der Waals surface area contributed by atoms with Crippen LogP contribution in [-0.2, 0) is 16.9 Å². The monoisotopic (exact) mass is 312 g/mol. The van der Waals surface area contributed by atoms with Crippen molar-refractivity contribution in [1.29, 1.82) is 0 Å². The fourth-order valence-electron chi connectivity index (χ4n) is 2.39. The molecule has 0 fully saturated rings. The number of amides is 1. The van der Waals surface area contributed by atoms with Gasteiger partial charge in [0.1, 0.15) is 12.4 Å². The van der Waals surface area contributed by atoms with Gasteiger partial charge in [0, 0.05) is 24.2 Å². The average Bonchev–Trinajstić information content (AvgIpc) is 3.06. The van der Waals surface area contributed by atoms with E-state index in [0.29, 0.717) is 0 Å². The van der Waals surface area contributed by atoms with Crippen LogP contribution < -0.4 is 4.90 Å². The van der Waals surface area contributed by atoms with Crippen molar-refractivity contribution in [1.82, 2.24) is 14.8 Å². The summed E-state index contributed by atoms with van der Waals surface area (Å²) < 4.78 is 40.9. The van der Waals surface area contributed by atoms with Gasteiger partial charge in [-0.05, 0) is 12.1 Å². The largest absolute Gasteiger partial charge is 0.423 e. The maximum absolute atomic E-state index is 13.2. The van der Waals surface area contributed by atoms with Gasteiger partial charge in [-0.1, -0.05) is 6.07 Å². The Bertz CT molecular complexity index is 702. The SMILES string of the molecule is O=C(Cn1cccn1)N1CC(O)(C(F)(F)F)c2cccnc21. The standard InChI is InChI=1S/C13H11F3N4O2/c14-13(15,16)12(22)8-20(11-9(12)3-1-4-17-11)10(21)7-19-6-2-5-18-19/h1-6,22H,7-8H2. The highest BCUT2D eigenvalue weighted by Gasteiger charge is 2.61. The van der Waals surface area contributed by atoms with Crippen LogP contribution in [0.25, 0.3) is 0 Å². The fourth-order valence-corrected chi connectivity index (χ4v) is 2.39. The number of nitrogens with zero attached hydrogens (tertiary/aromatic N) is 4. The first-order chi connectivity index (χ1) is 10.3. The van der Waals surface area contributed by atoms with Gasteiger partial charge in [-0.15, -0.1) is 0 Å². The summed E-state index contributed by atoms with van der Waals surface area (Å²) in [4.78, 5) is 16.9. The van der Waals surface area contributed by atoms with E-state index in [2.05, 4.69) is 10.1 Å². The van der Waals surface area contributed by atoms with E-state index >= 15 is 0 Å². The number of alkyl halides is 3. The van der Waals surface area contributed by atoms with Crippen LogP contribution in [0.5, 0.6) is 0 Å². The molecule has 0 aromatic carbocycles. The quantitative estimate of drug-likeness (QED) is 0.900. The molecule has 3 heterocycles. The number of rotatable bonds is 2. The molecule has 1 N–H and O–H groups in total. The minimum Gasteiger partial charge on any atom is -0.375 e. The van der Waals surface area contributed by atoms with Gasteiger partial charge in [-0.2, -0.15) is 18.3 Å². The lowest BCUT2D eigenvalue weighted by atomic mass is 9.97. The van der Waals surface area contributed by atoms with Crippen LogP contribution in [0.3, 0.4) is 0 Å². The molecule has 1 amide bonds. The van der Waals surface area contributed by atoms with Crippen LogP contribution in [0.4, 0.5) is 19.0 Å². The van der Waals surface area contributed by atoms with Gasteiger partial charge in [0.05, 0.1) is 6.54 Å². The summed E-state index contributed by atoms with van der Waals surface area (Å²) in [6, 6.07) is 4.00. The number of halogens is 3. The number of fused-ring (bicyclic) bond motifs is 1. The molecule has 0 spiro atoms. The van der Waals surface area contributed by atoms with Gasteiger partial charge in [0.15, 0.2) is 0 Å². The minimum atomic E-state index is -4.91. The third-order valence-corrected chi connectivity index (χ3v) is 3.50. The van der Waals surface area contributed by atoms with Crippen molar-refractivity contribution in [2.24, 2.45) is 0 Å². The molecule has 1 aliphatic rings. The van der Waals surface area contributed by atoms with Gasteiger partial charge in [0.2, 0.25) is 11.5 Å². The smallest absolute Gasteiger partial charge is 0.375 e. The first-order valence-corrected chi connectivity index (χ1v) is 6.35. The van der Waals surface area contributed by atoms with Crippen molar-refractivity contribution in [3.8, 4) is 0 Å². The van der Waals surface area contributed by atoms with Crippen LogP contribution in [-0.4, -0.2) is 38.5 Å². The highest BCUT2D eigenvalue weighted by Crippen LogP contribution is 2.47. The Labute approximate surface area is 122 Å². The number of anilines is 1. The van der Waals surface area contributed by atoms with Gasteiger partial charge < -0.3 is 5.11 Å². The second-order valence-electron chi connectivity index (χ2n) is 4.92. The number of β-amino-alcohol motifs (C(OH)–C–C–N with tert-alkyl or cyclic N) is 1. The minimum absolute atomic E-state index is 0.181. The number of aromatic nitrogens is 3. The molecule has 0 saturated carbocycles. The molecular formula is C13H11F3N4O2.